The molecule has 1 aliphatic rings. The summed E-state index contributed by atoms with van der Waals surface area (Å²) in [4.78, 5) is 9.72. The van der Waals surface area contributed by atoms with Crippen molar-refractivity contribution >= 4 is 6.47 Å². The minimum atomic E-state index is 0.514. The number of hydrogen-bond donors (Lipinski definition) is 2. The zero-order valence-corrected chi connectivity index (χ0v) is 8.55. The number of nitrogens with one attached hydrogen (secondary N) is 2. The molecule has 1 saturated heterocycles. The van der Waals surface area contributed by atoms with E-state index >= 15 is 0 Å². The summed E-state index contributed by atoms with van der Waals surface area (Å²) >= 11 is 0. The third-order valence-corrected chi connectivity index (χ3v) is 2.48. The van der Waals surface area contributed by atoms with Gasteiger partial charge < -0.3 is 15.4 Å². The molecule has 1 aliphatic heterocycles. The fraction of sp³-hybridized carbons (Fsp3) is 0.900. The lowest BCUT2D eigenvalue weighted by atomic mass is 10.1. The third kappa shape index (κ3) is 5.19. The van der Waals surface area contributed by atoms with Crippen LogP contribution in [0.3, 0.4) is 0 Å². The molecule has 4 nitrogen and oxygen atoms in total. The first-order valence-corrected chi connectivity index (χ1v) is 5.36. The minimum absolute atomic E-state index is 0.514. The Hall–Kier alpha value is -0.610. The molecule has 1 unspecified atom stereocenters. The van der Waals surface area contributed by atoms with Crippen LogP contribution in [0.4, 0.5) is 0 Å². The standard InChI is InChI=1S/C10H19N2O2/c13-9-14-7-3-1-2-4-10-8-11-5-6-12-10/h10-12H,1-8H2. The lowest BCUT2D eigenvalue weighted by Gasteiger charge is -2.24. The van der Waals surface area contributed by atoms with Crippen molar-refractivity contribution in [2.75, 3.05) is 26.2 Å². The van der Waals surface area contributed by atoms with Crippen molar-refractivity contribution in [1.29, 1.82) is 0 Å². The molecule has 0 saturated carbocycles. The van der Waals surface area contributed by atoms with Crippen LogP contribution in [-0.2, 0) is 9.53 Å². The molecule has 1 rings (SSSR count). The van der Waals surface area contributed by atoms with Crippen molar-refractivity contribution in [3.8, 4) is 0 Å². The first-order valence-electron chi connectivity index (χ1n) is 5.36. The summed E-state index contributed by atoms with van der Waals surface area (Å²) in [6.45, 7) is 5.19. The van der Waals surface area contributed by atoms with E-state index in [2.05, 4.69) is 15.4 Å². The van der Waals surface area contributed by atoms with Crippen LogP contribution < -0.4 is 10.6 Å². The van der Waals surface area contributed by atoms with E-state index in [1.54, 1.807) is 0 Å². The maximum atomic E-state index is 9.72. The van der Waals surface area contributed by atoms with Gasteiger partial charge in [-0.3, -0.25) is 0 Å². The van der Waals surface area contributed by atoms with Crippen molar-refractivity contribution in [3.63, 3.8) is 0 Å². The summed E-state index contributed by atoms with van der Waals surface area (Å²) in [5.74, 6) is 0. The second-order valence-corrected chi connectivity index (χ2v) is 3.64. The molecule has 0 aromatic carbocycles. The first-order chi connectivity index (χ1) is 6.93. The van der Waals surface area contributed by atoms with E-state index in [0.29, 0.717) is 12.6 Å². The van der Waals surface area contributed by atoms with Gasteiger partial charge >= 0.3 is 6.47 Å². The highest BCUT2D eigenvalue weighted by Gasteiger charge is 2.10. The van der Waals surface area contributed by atoms with E-state index in [1.807, 2.05) is 0 Å². The van der Waals surface area contributed by atoms with Crippen LogP contribution in [0.25, 0.3) is 0 Å². The molecule has 4 heteroatoms. The van der Waals surface area contributed by atoms with Crippen LogP contribution >= 0.6 is 0 Å². The van der Waals surface area contributed by atoms with Crippen molar-refractivity contribution < 1.29 is 9.53 Å². The van der Waals surface area contributed by atoms with Crippen molar-refractivity contribution in [3.05, 3.63) is 0 Å². The van der Waals surface area contributed by atoms with Crippen molar-refractivity contribution in [2.24, 2.45) is 0 Å². The molecule has 0 amide bonds. The largest absolute Gasteiger partial charge is 0.457 e. The monoisotopic (exact) mass is 199 g/mol. The van der Waals surface area contributed by atoms with Crippen LogP contribution in [0.5, 0.6) is 0 Å². The summed E-state index contributed by atoms with van der Waals surface area (Å²) in [5.41, 5.74) is 0. The summed E-state index contributed by atoms with van der Waals surface area (Å²) in [6, 6.07) is 0.627. The average molecular weight is 199 g/mol. The van der Waals surface area contributed by atoms with Gasteiger partial charge in [-0.05, 0) is 12.8 Å². The molecule has 0 spiro atoms. The van der Waals surface area contributed by atoms with Gasteiger partial charge in [0, 0.05) is 25.7 Å². The lowest BCUT2D eigenvalue weighted by molar-refractivity contribution is 0.267. The summed E-state index contributed by atoms with van der Waals surface area (Å²) in [7, 11) is 0. The van der Waals surface area contributed by atoms with Crippen LogP contribution in [0, 0.1) is 0 Å². The fourth-order valence-electron chi connectivity index (χ4n) is 1.70. The Morgan fingerprint density at radius 2 is 2.21 bits per heavy atom. The maximum Gasteiger partial charge on any atom is 0.417 e. The summed E-state index contributed by atoms with van der Waals surface area (Å²) in [6.07, 6.45) is 4.48. The Balaban J connectivity index is 1.85. The number of carbonyl (C=O) groups excluding carboxylic acids is 1. The third-order valence-electron chi connectivity index (χ3n) is 2.48. The zero-order chi connectivity index (χ0) is 10.1. The molecular formula is C10H19N2O2. The van der Waals surface area contributed by atoms with Crippen LogP contribution in [-0.4, -0.2) is 38.8 Å². The van der Waals surface area contributed by atoms with Gasteiger partial charge in [-0.25, -0.2) is 4.79 Å². The molecule has 14 heavy (non-hydrogen) atoms. The highest BCUT2D eigenvalue weighted by Crippen LogP contribution is 2.04. The maximum absolute atomic E-state index is 9.72. The highest BCUT2D eigenvalue weighted by atomic mass is 16.5. The van der Waals surface area contributed by atoms with E-state index in [9.17, 15) is 4.79 Å². The van der Waals surface area contributed by atoms with Gasteiger partial charge in [0.25, 0.3) is 0 Å². The Morgan fingerprint density at radius 1 is 1.29 bits per heavy atom. The smallest absolute Gasteiger partial charge is 0.417 e. The predicted molar refractivity (Wildman–Crippen MR) is 54.8 cm³/mol. The molecule has 1 atom stereocenters. The second kappa shape index (κ2) is 7.76. The van der Waals surface area contributed by atoms with Crippen LogP contribution in [0.2, 0.25) is 0 Å². The Morgan fingerprint density at radius 3 is 2.93 bits per heavy atom. The number of unbranched alkanes of at least 4 members (excludes halogenated alkanes) is 2. The Kier molecular flexibility index (Phi) is 6.36. The van der Waals surface area contributed by atoms with Gasteiger partial charge in [-0.1, -0.05) is 12.8 Å². The normalized spacial score (nSPS) is 21.9. The zero-order valence-electron chi connectivity index (χ0n) is 8.55. The van der Waals surface area contributed by atoms with E-state index in [-0.39, 0.29) is 0 Å². The van der Waals surface area contributed by atoms with Gasteiger partial charge in [0.05, 0.1) is 6.61 Å². The topological polar surface area (TPSA) is 50.4 Å². The van der Waals surface area contributed by atoms with Gasteiger partial charge in [0.2, 0.25) is 0 Å². The lowest BCUT2D eigenvalue weighted by Crippen LogP contribution is -2.48. The number of ether oxygens (including phenoxy) is 1. The van der Waals surface area contributed by atoms with E-state index in [1.165, 1.54) is 19.3 Å². The van der Waals surface area contributed by atoms with Gasteiger partial charge in [0.15, 0.2) is 0 Å². The van der Waals surface area contributed by atoms with Crippen molar-refractivity contribution in [1.82, 2.24) is 10.6 Å². The molecule has 0 aromatic heterocycles. The minimum Gasteiger partial charge on any atom is -0.457 e. The molecule has 0 aromatic rings. The second-order valence-electron chi connectivity index (χ2n) is 3.64. The Labute approximate surface area is 85.4 Å². The van der Waals surface area contributed by atoms with Gasteiger partial charge in [-0.2, -0.15) is 0 Å². The SMILES string of the molecule is O=[C]OCCCCCC1CNCCN1. The molecule has 1 heterocycles. The molecule has 1 fully saturated rings. The summed E-state index contributed by atoms with van der Waals surface area (Å²) in [5, 5.41) is 6.82. The molecular weight excluding hydrogens is 180 g/mol. The molecule has 81 valence electrons. The van der Waals surface area contributed by atoms with E-state index < -0.39 is 0 Å². The quantitative estimate of drug-likeness (QED) is 0.575. The van der Waals surface area contributed by atoms with Crippen LogP contribution in [0.15, 0.2) is 0 Å². The average Bonchev–Trinajstić information content (AvgIpc) is 2.25. The van der Waals surface area contributed by atoms with E-state index in [4.69, 9.17) is 0 Å². The number of rotatable bonds is 7. The Bertz CT molecular complexity index is 147. The predicted octanol–water partition coefficient (Wildman–Crippen LogP) is 0.192. The van der Waals surface area contributed by atoms with Crippen LogP contribution in [0.1, 0.15) is 25.7 Å². The fourth-order valence-corrected chi connectivity index (χ4v) is 1.70. The van der Waals surface area contributed by atoms with Gasteiger partial charge in [0.1, 0.15) is 0 Å². The van der Waals surface area contributed by atoms with Crippen molar-refractivity contribution in [2.45, 2.75) is 31.7 Å². The molecule has 2 N–H and O–H groups in total. The molecule has 0 bridgehead atoms. The summed E-state index contributed by atoms with van der Waals surface area (Å²) < 4.78 is 4.49. The highest BCUT2D eigenvalue weighted by molar-refractivity contribution is 5.37. The number of hydrogen-bond acceptors (Lipinski definition) is 4. The molecule has 1 radical (unpaired) electrons. The van der Waals surface area contributed by atoms with E-state index in [0.717, 1.165) is 32.5 Å². The number of piperazine rings is 1. The van der Waals surface area contributed by atoms with Gasteiger partial charge in [-0.15, -0.1) is 0 Å². The molecule has 0 aliphatic carbocycles. The first kappa shape index (κ1) is 11.5.